The normalized spacial score (nSPS) is 28.2. The van der Waals surface area contributed by atoms with E-state index in [4.69, 9.17) is 4.74 Å². The van der Waals surface area contributed by atoms with Crippen molar-refractivity contribution in [2.45, 2.75) is 84.3 Å². The van der Waals surface area contributed by atoms with Crippen LogP contribution in [0.3, 0.4) is 0 Å². The lowest BCUT2D eigenvalue weighted by atomic mass is 9.68. The number of fused-ring (bicyclic) bond motifs is 2. The summed E-state index contributed by atoms with van der Waals surface area (Å²) in [5, 5.41) is 3.27. The van der Waals surface area contributed by atoms with Crippen LogP contribution in [0.5, 0.6) is 0 Å². The molecule has 4 rings (SSSR count). The van der Waals surface area contributed by atoms with Crippen LogP contribution < -0.4 is 5.32 Å². The second-order valence-corrected chi connectivity index (χ2v) is 14.6. The summed E-state index contributed by atoms with van der Waals surface area (Å²) in [7, 11) is -3.83. The van der Waals surface area contributed by atoms with Crippen LogP contribution in [0.25, 0.3) is 0 Å². The number of benzene rings is 1. The zero-order chi connectivity index (χ0) is 26.7. The van der Waals surface area contributed by atoms with Gasteiger partial charge in [-0.25, -0.2) is 13.2 Å². The van der Waals surface area contributed by atoms with Gasteiger partial charge in [0.05, 0.1) is 4.90 Å². The lowest BCUT2D eigenvalue weighted by Crippen LogP contribution is -2.52. The van der Waals surface area contributed by atoms with Crippen LogP contribution in [0.15, 0.2) is 23.1 Å². The van der Waals surface area contributed by atoms with Gasteiger partial charge >= 0.3 is 6.09 Å². The summed E-state index contributed by atoms with van der Waals surface area (Å²) in [6.07, 6.45) is 2.98. The van der Waals surface area contributed by atoms with E-state index >= 15 is 0 Å². The summed E-state index contributed by atoms with van der Waals surface area (Å²) >= 11 is 0. The second-order valence-electron chi connectivity index (χ2n) is 12.7. The number of aryl methyl sites for hydroxylation is 1. The number of sulfonamides is 1. The fourth-order valence-corrected chi connectivity index (χ4v) is 8.15. The highest BCUT2D eigenvalue weighted by molar-refractivity contribution is 7.89. The highest BCUT2D eigenvalue weighted by Crippen LogP contribution is 2.62. The third-order valence-corrected chi connectivity index (χ3v) is 10.5. The fraction of sp³-hybridized carbons (Fsp3) is 0.704. The van der Waals surface area contributed by atoms with Crippen LogP contribution in [0.4, 0.5) is 4.79 Å². The van der Waals surface area contributed by atoms with Crippen molar-refractivity contribution < 1.29 is 22.7 Å². The van der Waals surface area contributed by atoms with Crippen molar-refractivity contribution in [2.75, 3.05) is 26.2 Å². The average Bonchev–Trinajstić information content (AvgIpc) is 3.26. The van der Waals surface area contributed by atoms with E-state index in [-0.39, 0.29) is 53.9 Å². The molecule has 3 unspecified atom stereocenters. The molecule has 8 nitrogen and oxygen atoms in total. The Morgan fingerprint density at radius 3 is 2.28 bits per heavy atom. The molecule has 1 aromatic rings. The molecule has 3 atom stereocenters. The first-order valence-corrected chi connectivity index (χ1v) is 14.4. The number of hydrogen-bond donors (Lipinski definition) is 1. The zero-order valence-electron chi connectivity index (χ0n) is 22.7. The van der Waals surface area contributed by atoms with Crippen molar-refractivity contribution in [3.05, 3.63) is 29.3 Å². The van der Waals surface area contributed by atoms with Gasteiger partial charge in [0.2, 0.25) is 10.0 Å². The Kier molecular flexibility index (Phi) is 6.74. The largest absolute Gasteiger partial charge is 0.444 e. The van der Waals surface area contributed by atoms with Gasteiger partial charge in [-0.2, -0.15) is 4.31 Å². The molecule has 3 fully saturated rings. The van der Waals surface area contributed by atoms with E-state index in [0.29, 0.717) is 17.0 Å². The van der Waals surface area contributed by atoms with Crippen LogP contribution in [0.1, 0.15) is 76.7 Å². The molecule has 2 bridgehead atoms. The first-order chi connectivity index (χ1) is 16.5. The van der Waals surface area contributed by atoms with E-state index < -0.39 is 21.7 Å². The van der Waals surface area contributed by atoms with E-state index in [9.17, 15) is 18.0 Å². The molecule has 2 saturated carbocycles. The standard InChI is InChI=1S/C27H41N3O5S/c1-18-8-9-19(22(31)28-23-26(5,6)20-10-11-27(23,7)17-20)16-21(18)36(33,34)30-14-12-29(13-15-30)24(32)35-25(2,3)4/h8-9,16,20,23H,10-15,17H2,1-7H3,(H,28,31). The Morgan fingerprint density at radius 1 is 1.08 bits per heavy atom. The van der Waals surface area contributed by atoms with Crippen molar-refractivity contribution in [3.63, 3.8) is 0 Å². The zero-order valence-corrected chi connectivity index (χ0v) is 23.5. The van der Waals surface area contributed by atoms with E-state index in [1.54, 1.807) is 39.8 Å². The Bertz CT molecular complexity index is 1140. The summed E-state index contributed by atoms with van der Waals surface area (Å²) in [5.41, 5.74) is 0.429. The predicted molar refractivity (Wildman–Crippen MR) is 138 cm³/mol. The van der Waals surface area contributed by atoms with Gasteiger partial charge in [0.1, 0.15) is 5.60 Å². The minimum Gasteiger partial charge on any atom is -0.444 e. The first kappa shape index (κ1) is 26.9. The number of piperazine rings is 1. The molecule has 2 amide bonds. The molecule has 9 heteroatoms. The molecule has 3 aliphatic rings. The van der Waals surface area contributed by atoms with Crippen LogP contribution in [0.2, 0.25) is 0 Å². The topological polar surface area (TPSA) is 96.0 Å². The van der Waals surface area contributed by atoms with Gasteiger partial charge in [-0.15, -0.1) is 0 Å². The summed E-state index contributed by atoms with van der Waals surface area (Å²) in [5.74, 6) is 0.370. The van der Waals surface area contributed by atoms with Crippen molar-refractivity contribution in [2.24, 2.45) is 16.7 Å². The van der Waals surface area contributed by atoms with Crippen LogP contribution >= 0.6 is 0 Å². The Labute approximate surface area is 215 Å². The monoisotopic (exact) mass is 519 g/mol. The van der Waals surface area contributed by atoms with Crippen LogP contribution in [-0.2, 0) is 14.8 Å². The molecule has 2 aliphatic carbocycles. The molecule has 1 aliphatic heterocycles. The van der Waals surface area contributed by atoms with Crippen molar-refractivity contribution in [1.82, 2.24) is 14.5 Å². The number of rotatable bonds is 4. The number of amides is 2. The van der Waals surface area contributed by atoms with Gasteiger partial charge in [0.15, 0.2) is 0 Å². The van der Waals surface area contributed by atoms with E-state index in [1.165, 1.54) is 21.7 Å². The van der Waals surface area contributed by atoms with Crippen LogP contribution in [-0.4, -0.2) is 67.4 Å². The van der Waals surface area contributed by atoms with Gasteiger partial charge in [-0.1, -0.05) is 26.8 Å². The van der Waals surface area contributed by atoms with E-state index in [2.05, 4.69) is 26.1 Å². The quantitative estimate of drug-likeness (QED) is 0.644. The Hall–Kier alpha value is -2.13. The van der Waals surface area contributed by atoms with Crippen molar-refractivity contribution in [3.8, 4) is 0 Å². The maximum atomic E-state index is 13.6. The lowest BCUT2D eigenvalue weighted by molar-refractivity contribution is 0.0192. The maximum Gasteiger partial charge on any atom is 0.410 e. The molecule has 1 heterocycles. The van der Waals surface area contributed by atoms with Gasteiger partial charge in [-0.3, -0.25) is 4.79 Å². The average molecular weight is 520 g/mol. The molecule has 36 heavy (non-hydrogen) atoms. The molecular formula is C27H41N3O5S. The van der Waals surface area contributed by atoms with Crippen molar-refractivity contribution >= 4 is 22.0 Å². The van der Waals surface area contributed by atoms with Gasteiger partial charge < -0.3 is 15.0 Å². The fourth-order valence-electron chi connectivity index (χ4n) is 6.47. The van der Waals surface area contributed by atoms with Gasteiger partial charge in [0.25, 0.3) is 5.91 Å². The third kappa shape index (κ3) is 4.88. The summed E-state index contributed by atoms with van der Waals surface area (Å²) < 4.78 is 33.9. The molecule has 1 saturated heterocycles. The smallest absolute Gasteiger partial charge is 0.410 e. The minimum absolute atomic E-state index is 0.01000. The summed E-state index contributed by atoms with van der Waals surface area (Å²) in [6, 6.07) is 4.96. The molecule has 0 spiro atoms. The maximum absolute atomic E-state index is 13.6. The number of carbonyl (C=O) groups is 2. The van der Waals surface area contributed by atoms with E-state index in [0.717, 1.165) is 12.8 Å². The number of ether oxygens (including phenoxy) is 1. The minimum atomic E-state index is -3.83. The van der Waals surface area contributed by atoms with E-state index in [1.807, 2.05) is 0 Å². The van der Waals surface area contributed by atoms with Crippen LogP contribution in [0, 0.1) is 23.7 Å². The third-order valence-electron chi connectivity index (χ3n) is 8.50. The highest BCUT2D eigenvalue weighted by atomic mass is 32.2. The first-order valence-electron chi connectivity index (χ1n) is 12.9. The number of nitrogens with one attached hydrogen (secondary N) is 1. The number of nitrogens with zero attached hydrogens (tertiary/aromatic N) is 2. The molecule has 0 radical (unpaired) electrons. The number of hydrogen-bond acceptors (Lipinski definition) is 5. The van der Waals surface area contributed by atoms with Crippen molar-refractivity contribution in [1.29, 1.82) is 0 Å². The molecule has 200 valence electrons. The number of carbonyl (C=O) groups excluding carboxylic acids is 2. The lowest BCUT2D eigenvalue weighted by Gasteiger charge is -2.43. The van der Waals surface area contributed by atoms with Gasteiger partial charge in [-0.05, 0) is 81.4 Å². The Balaban J connectivity index is 1.48. The highest BCUT2D eigenvalue weighted by Gasteiger charge is 2.59. The molecule has 1 aromatic carbocycles. The molecule has 1 N–H and O–H groups in total. The van der Waals surface area contributed by atoms with Gasteiger partial charge in [0, 0.05) is 37.8 Å². The summed E-state index contributed by atoms with van der Waals surface area (Å²) in [6.45, 7) is 14.7. The molecular weight excluding hydrogens is 478 g/mol. The predicted octanol–water partition coefficient (Wildman–Crippen LogP) is 4.18. The summed E-state index contributed by atoms with van der Waals surface area (Å²) in [4.78, 5) is 27.4. The Morgan fingerprint density at radius 2 is 1.72 bits per heavy atom. The molecule has 0 aromatic heterocycles. The SMILES string of the molecule is Cc1ccc(C(=O)NC2C3(C)CCC(C3)C2(C)C)cc1S(=O)(=O)N1CCN(C(=O)OC(C)(C)C)CC1. The second kappa shape index (κ2) is 9.01.